The Hall–Kier alpha value is -3.89. The molecule has 3 N–H and O–H groups in total. The van der Waals surface area contributed by atoms with Gasteiger partial charge in [0.25, 0.3) is 0 Å². The zero-order chi connectivity index (χ0) is 31.9. The molecule has 1 unspecified atom stereocenters. The van der Waals surface area contributed by atoms with Gasteiger partial charge in [-0.3, -0.25) is 15.1 Å². The maximum Gasteiger partial charge on any atom is 0.409 e. The maximum absolute atomic E-state index is 12.8. The fraction of sp³-hybridized carbons (Fsp3) is 0.485. The van der Waals surface area contributed by atoms with E-state index in [1.54, 1.807) is 16.8 Å². The van der Waals surface area contributed by atoms with Crippen LogP contribution in [0, 0.1) is 12.3 Å². The van der Waals surface area contributed by atoms with Gasteiger partial charge in [-0.05, 0) is 57.0 Å². The molecule has 10 heteroatoms. The van der Waals surface area contributed by atoms with Gasteiger partial charge in [0.05, 0.1) is 31.1 Å². The molecule has 1 aliphatic rings. The van der Waals surface area contributed by atoms with E-state index >= 15 is 0 Å². The molecule has 1 aromatic carbocycles. The minimum atomic E-state index is -0.616. The van der Waals surface area contributed by atoms with Crippen LogP contribution in [0.4, 0.5) is 4.79 Å². The average molecular weight is 595 g/mol. The smallest absolute Gasteiger partial charge is 0.409 e. The van der Waals surface area contributed by atoms with Crippen molar-refractivity contribution in [3.63, 3.8) is 0 Å². The molecular weight excluding hydrogens is 544 g/mol. The SMILES string of the molecule is C=CC(N/C=C\C)[C@H](c1ccc(C)cc1/C(=C\C)[C@@H](NC(=O)COC)C(=C)N(C)C=N)N1CCCN(C(=O)OCC)CC1. The first-order valence-corrected chi connectivity index (χ1v) is 14.8. The molecule has 0 bridgehead atoms. The predicted molar refractivity (Wildman–Crippen MR) is 174 cm³/mol. The van der Waals surface area contributed by atoms with Gasteiger partial charge >= 0.3 is 6.09 Å². The molecule has 1 heterocycles. The van der Waals surface area contributed by atoms with E-state index in [1.807, 2.05) is 52.1 Å². The summed E-state index contributed by atoms with van der Waals surface area (Å²) in [4.78, 5) is 31.2. The van der Waals surface area contributed by atoms with Gasteiger partial charge < -0.3 is 29.9 Å². The van der Waals surface area contributed by atoms with Crippen molar-refractivity contribution in [2.45, 2.75) is 52.2 Å². The molecule has 2 rings (SSSR count). The van der Waals surface area contributed by atoms with Crippen LogP contribution < -0.4 is 10.6 Å². The number of nitrogens with zero attached hydrogens (tertiary/aromatic N) is 3. The van der Waals surface area contributed by atoms with Crippen LogP contribution >= 0.6 is 0 Å². The summed E-state index contributed by atoms with van der Waals surface area (Å²) in [5, 5.41) is 14.4. The van der Waals surface area contributed by atoms with Crippen molar-refractivity contribution in [1.82, 2.24) is 25.3 Å². The zero-order valence-electron chi connectivity index (χ0n) is 26.7. The number of nitrogens with one attached hydrogen (secondary N) is 3. The largest absolute Gasteiger partial charge is 0.450 e. The summed E-state index contributed by atoms with van der Waals surface area (Å²) >= 11 is 0. The molecule has 0 radical (unpaired) electrons. The van der Waals surface area contributed by atoms with Crippen molar-refractivity contribution < 1.29 is 19.1 Å². The van der Waals surface area contributed by atoms with E-state index in [9.17, 15) is 9.59 Å². The maximum atomic E-state index is 12.8. The van der Waals surface area contributed by atoms with Gasteiger partial charge in [-0.25, -0.2) is 4.79 Å². The Kier molecular flexibility index (Phi) is 14.7. The standard InChI is InChI=1S/C33H50N6O4/c1-9-16-35-29(11-3)32(38-17-13-18-39(20-19-38)33(41)43-12-4)27-15-14-24(5)21-28(27)26(10-2)31(25(6)37(7)23-34)36-30(40)22-42-8/h9-11,14-16,21,23,29,31-32,34-35H,3,6,12-13,17-20,22H2,1-2,4-5,7-8H3,(H,36,40)/b16-9-,26-10+,34-23?/t29?,31-,32-/m0/s1. The molecular formula is C33H50N6O4. The van der Waals surface area contributed by atoms with E-state index in [-0.39, 0.29) is 30.7 Å². The minimum absolute atomic E-state index is 0.102. The van der Waals surface area contributed by atoms with Crippen LogP contribution in [0.5, 0.6) is 0 Å². The highest BCUT2D eigenvalue weighted by atomic mass is 16.6. The molecule has 1 aromatic rings. The summed E-state index contributed by atoms with van der Waals surface area (Å²) < 4.78 is 10.4. The minimum Gasteiger partial charge on any atom is -0.450 e. The Labute approximate surface area is 257 Å². The Morgan fingerprint density at radius 1 is 1.21 bits per heavy atom. The number of methoxy groups -OCH3 is 1. The van der Waals surface area contributed by atoms with E-state index in [0.717, 1.165) is 35.2 Å². The third kappa shape index (κ3) is 9.56. The van der Waals surface area contributed by atoms with Crippen molar-refractivity contribution in [3.8, 4) is 0 Å². The zero-order valence-corrected chi connectivity index (χ0v) is 26.7. The molecule has 1 aliphatic heterocycles. The second-order valence-corrected chi connectivity index (χ2v) is 10.4. The van der Waals surface area contributed by atoms with Gasteiger partial charge in [-0.2, -0.15) is 0 Å². The Morgan fingerprint density at radius 3 is 2.56 bits per heavy atom. The summed E-state index contributed by atoms with van der Waals surface area (Å²) in [5.74, 6) is -0.289. The van der Waals surface area contributed by atoms with Crippen LogP contribution in [-0.2, 0) is 14.3 Å². The number of rotatable bonds is 15. The van der Waals surface area contributed by atoms with E-state index < -0.39 is 6.04 Å². The molecule has 0 aliphatic carbocycles. The Morgan fingerprint density at radius 2 is 1.95 bits per heavy atom. The molecule has 1 fully saturated rings. The molecule has 0 spiro atoms. The summed E-state index contributed by atoms with van der Waals surface area (Å²) in [6.07, 6.45) is 9.44. The van der Waals surface area contributed by atoms with Crippen molar-refractivity contribution in [1.29, 1.82) is 5.41 Å². The second-order valence-electron chi connectivity index (χ2n) is 10.4. The highest BCUT2D eigenvalue weighted by molar-refractivity contribution is 5.84. The van der Waals surface area contributed by atoms with Crippen LogP contribution in [-0.4, -0.2) is 98.7 Å². The number of allylic oxidation sites excluding steroid dienone is 2. The number of aryl methyl sites for hydroxylation is 1. The quantitative estimate of drug-likeness (QED) is 0.156. The molecule has 43 heavy (non-hydrogen) atoms. The molecule has 2 amide bonds. The van der Waals surface area contributed by atoms with E-state index in [2.05, 4.69) is 46.9 Å². The van der Waals surface area contributed by atoms with Gasteiger partial charge in [0.1, 0.15) is 6.61 Å². The van der Waals surface area contributed by atoms with Crippen molar-refractivity contribution in [2.24, 2.45) is 0 Å². The molecule has 1 saturated heterocycles. The number of hydrogen-bond donors (Lipinski definition) is 3. The number of carbonyl (C=O) groups is 2. The van der Waals surface area contributed by atoms with Gasteiger partial charge in [0, 0.05) is 46.0 Å². The predicted octanol–water partition coefficient (Wildman–Crippen LogP) is 4.47. The summed E-state index contributed by atoms with van der Waals surface area (Å²) in [6, 6.07) is 5.41. The Bertz CT molecular complexity index is 1180. The fourth-order valence-corrected chi connectivity index (χ4v) is 5.34. The highest BCUT2D eigenvalue weighted by Gasteiger charge is 2.33. The van der Waals surface area contributed by atoms with Gasteiger partial charge in [-0.15, -0.1) is 6.58 Å². The lowest BCUT2D eigenvalue weighted by Crippen LogP contribution is -2.45. The van der Waals surface area contributed by atoms with Crippen LogP contribution in [0.3, 0.4) is 0 Å². The number of amides is 2. The molecule has 3 atom stereocenters. The van der Waals surface area contributed by atoms with E-state index in [4.69, 9.17) is 14.9 Å². The lowest BCUT2D eigenvalue weighted by molar-refractivity contribution is -0.124. The van der Waals surface area contributed by atoms with E-state index in [0.29, 0.717) is 31.9 Å². The van der Waals surface area contributed by atoms with Crippen molar-refractivity contribution in [2.75, 3.05) is 53.6 Å². The topological polar surface area (TPSA) is 110 Å². The monoisotopic (exact) mass is 594 g/mol. The molecule has 236 valence electrons. The third-order valence-electron chi connectivity index (χ3n) is 7.52. The first kappa shape index (κ1) is 35.3. The molecule has 0 saturated carbocycles. The van der Waals surface area contributed by atoms with Crippen LogP contribution in [0.1, 0.15) is 49.9 Å². The van der Waals surface area contributed by atoms with E-state index in [1.165, 1.54) is 13.4 Å². The average Bonchev–Trinajstić information content (AvgIpc) is 3.25. The third-order valence-corrected chi connectivity index (χ3v) is 7.52. The normalized spacial score (nSPS) is 16.5. The molecule has 10 nitrogen and oxygen atoms in total. The summed E-state index contributed by atoms with van der Waals surface area (Å²) in [5.41, 5.74) is 4.45. The number of likely N-dealkylation sites (N-methyl/N-ethyl adjacent to an activating group) is 1. The fourth-order valence-electron chi connectivity index (χ4n) is 5.34. The number of carbonyl (C=O) groups excluding carboxylic acids is 2. The van der Waals surface area contributed by atoms with Crippen LogP contribution in [0.15, 0.2) is 61.5 Å². The molecule has 0 aromatic heterocycles. The number of hydrogen-bond acceptors (Lipinski definition) is 7. The second kappa shape index (κ2) is 17.9. The van der Waals surface area contributed by atoms with Gasteiger partial charge in [-0.1, -0.05) is 48.6 Å². The lowest BCUT2D eigenvalue weighted by Gasteiger charge is -2.38. The first-order valence-electron chi connectivity index (χ1n) is 14.8. The highest BCUT2D eigenvalue weighted by Crippen LogP contribution is 2.36. The lowest BCUT2D eigenvalue weighted by atomic mass is 9.85. The summed E-state index contributed by atoms with van der Waals surface area (Å²) in [7, 11) is 3.21. The van der Waals surface area contributed by atoms with Crippen LogP contribution in [0.2, 0.25) is 0 Å². The van der Waals surface area contributed by atoms with Crippen molar-refractivity contribution in [3.05, 3.63) is 78.2 Å². The number of ether oxygens (including phenoxy) is 2. The van der Waals surface area contributed by atoms with Gasteiger partial charge in [0.2, 0.25) is 5.91 Å². The first-order chi connectivity index (χ1) is 20.7. The van der Waals surface area contributed by atoms with Gasteiger partial charge in [0.15, 0.2) is 0 Å². The number of benzene rings is 1. The van der Waals surface area contributed by atoms with Crippen molar-refractivity contribution >= 4 is 23.9 Å². The Balaban J connectivity index is 2.71. The van der Waals surface area contributed by atoms with Crippen LogP contribution in [0.25, 0.3) is 5.57 Å². The summed E-state index contributed by atoms with van der Waals surface area (Å²) in [6.45, 7) is 19.0.